The van der Waals surface area contributed by atoms with Gasteiger partial charge in [0.2, 0.25) is 5.91 Å². The van der Waals surface area contributed by atoms with Gasteiger partial charge < -0.3 is 9.64 Å². The van der Waals surface area contributed by atoms with E-state index >= 15 is 0 Å². The molecule has 2 atom stereocenters. The van der Waals surface area contributed by atoms with E-state index < -0.39 is 0 Å². The fraction of sp³-hybridized carbons (Fsp3) is 0.846. The maximum atomic E-state index is 12.2. The summed E-state index contributed by atoms with van der Waals surface area (Å²) in [6, 6.07) is 0. The molecule has 1 saturated heterocycles. The Labute approximate surface area is 117 Å². The van der Waals surface area contributed by atoms with Gasteiger partial charge in [0.25, 0.3) is 0 Å². The Morgan fingerprint density at radius 2 is 2.11 bits per heavy atom. The van der Waals surface area contributed by atoms with Gasteiger partial charge in [-0.25, -0.2) is 0 Å². The van der Waals surface area contributed by atoms with Crippen LogP contribution in [0.5, 0.6) is 0 Å². The Hall–Kier alpha value is -0.580. The maximum absolute atomic E-state index is 12.2. The van der Waals surface area contributed by atoms with Crippen LogP contribution >= 0.6 is 15.9 Å². The number of nitrogens with zero attached hydrogens (tertiary/aromatic N) is 1. The van der Waals surface area contributed by atoms with Crippen molar-refractivity contribution >= 4 is 27.8 Å². The number of likely N-dealkylation sites (tertiary alicyclic amines) is 1. The fourth-order valence-electron chi connectivity index (χ4n) is 2.09. The average Bonchev–Trinajstić information content (AvgIpc) is 2.37. The Bertz CT molecular complexity index is 307. The normalized spacial score (nSPS) is 21.8. The van der Waals surface area contributed by atoms with Gasteiger partial charge in [-0.3, -0.25) is 9.59 Å². The molecule has 0 aromatic rings. The molecule has 0 aromatic heterocycles. The van der Waals surface area contributed by atoms with Gasteiger partial charge >= 0.3 is 5.97 Å². The molecule has 0 spiro atoms. The lowest BCUT2D eigenvalue weighted by Crippen LogP contribution is -2.46. The summed E-state index contributed by atoms with van der Waals surface area (Å²) in [7, 11) is 0. The molecule has 0 aliphatic carbocycles. The summed E-state index contributed by atoms with van der Waals surface area (Å²) in [5.41, 5.74) is 0. The largest absolute Gasteiger partial charge is 0.466 e. The number of hydrogen-bond donors (Lipinski definition) is 0. The number of carbonyl (C=O) groups is 2. The molecule has 104 valence electrons. The van der Waals surface area contributed by atoms with E-state index in [0.29, 0.717) is 13.2 Å². The number of halogens is 1. The second kappa shape index (κ2) is 7.12. The minimum Gasteiger partial charge on any atom is -0.466 e. The zero-order valence-electron chi connectivity index (χ0n) is 11.3. The predicted octanol–water partition coefficient (Wildman–Crippen LogP) is 2.21. The molecule has 0 saturated carbocycles. The highest BCUT2D eigenvalue weighted by Crippen LogP contribution is 2.22. The Kier molecular flexibility index (Phi) is 6.12. The summed E-state index contributed by atoms with van der Waals surface area (Å²) in [6.45, 7) is 7.44. The van der Waals surface area contributed by atoms with Gasteiger partial charge in [0.1, 0.15) is 0 Å². The first-order chi connectivity index (χ1) is 8.47. The number of esters is 1. The number of amides is 1. The monoisotopic (exact) mass is 319 g/mol. The van der Waals surface area contributed by atoms with Crippen molar-refractivity contribution in [1.82, 2.24) is 4.90 Å². The molecule has 1 rings (SSSR count). The molecule has 1 aliphatic rings. The molecule has 0 N–H and O–H groups in total. The summed E-state index contributed by atoms with van der Waals surface area (Å²) in [5.74, 6) is -0.000324. The van der Waals surface area contributed by atoms with Crippen molar-refractivity contribution in [2.45, 2.75) is 38.4 Å². The minimum atomic E-state index is -0.175. The molecular weight excluding hydrogens is 298 g/mol. The van der Waals surface area contributed by atoms with E-state index in [4.69, 9.17) is 4.74 Å². The third kappa shape index (κ3) is 3.97. The Morgan fingerprint density at radius 1 is 1.44 bits per heavy atom. The SMILES string of the molecule is CCOC(=O)C1CCCN(C(=O)C(Br)C(C)C)C1. The Morgan fingerprint density at radius 3 is 2.67 bits per heavy atom. The quantitative estimate of drug-likeness (QED) is 0.589. The lowest BCUT2D eigenvalue weighted by molar-refractivity contribution is -0.151. The first-order valence-corrected chi connectivity index (χ1v) is 7.48. The van der Waals surface area contributed by atoms with Crippen molar-refractivity contribution in [3.05, 3.63) is 0 Å². The van der Waals surface area contributed by atoms with Gasteiger partial charge in [0.15, 0.2) is 0 Å². The molecule has 0 aromatic carbocycles. The molecule has 0 radical (unpaired) electrons. The van der Waals surface area contributed by atoms with E-state index in [1.54, 1.807) is 11.8 Å². The smallest absolute Gasteiger partial charge is 0.310 e. The van der Waals surface area contributed by atoms with Crippen LogP contribution in [0.2, 0.25) is 0 Å². The third-order valence-electron chi connectivity index (χ3n) is 3.17. The van der Waals surface area contributed by atoms with E-state index in [0.717, 1.165) is 19.4 Å². The van der Waals surface area contributed by atoms with Gasteiger partial charge in [-0.15, -0.1) is 0 Å². The predicted molar refractivity (Wildman–Crippen MR) is 73.5 cm³/mol. The van der Waals surface area contributed by atoms with Crippen LogP contribution in [0.1, 0.15) is 33.6 Å². The highest BCUT2D eigenvalue weighted by molar-refractivity contribution is 9.10. The van der Waals surface area contributed by atoms with Gasteiger partial charge in [0.05, 0.1) is 17.4 Å². The topological polar surface area (TPSA) is 46.6 Å². The summed E-state index contributed by atoms with van der Waals surface area (Å²) in [4.78, 5) is 25.5. The second-order valence-corrected chi connectivity index (χ2v) is 6.01. The fourth-order valence-corrected chi connectivity index (χ4v) is 2.38. The number of hydrogen-bond acceptors (Lipinski definition) is 3. The molecule has 2 unspecified atom stereocenters. The third-order valence-corrected chi connectivity index (χ3v) is 4.62. The molecule has 4 nitrogen and oxygen atoms in total. The van der Waals surface area contributed by atoms with Gasteiger partial charge in [-0.1, -0.05) is 29.8 Å². The van der Waals surface area contributed by atoms with Crippen molar-refractivity contribution in [1.29, 1.82) is 0 Å². The van der Waals surface area contributed by atoms with Crippen molar-refractivity contribution in [2.75, 3.05) is 19.7 Å². The summed E-state index contributed by atoms with van der Waals surface area (Å²) in [6.07, 6.45) is 1.68. The van der Waals surface area contributed by atoms with Crippen molar-refractivity contribution in [2.24, 2.45) is 11.8 Å². The van der Waals surface area contributed by atoms with Crippen LogP contribution < -0.4 is 0 Å². The van der Waals surface area contributed by atoms with Gasteiger partial charge in [-0.05, 0) is 25.7 Å². The van der Waals surface area contributed by atoms with Crippen molar-refractivity contribution in [3.63, 3.8) is 0 Å². The minimum absolute atomic E-state index is 0.0824. The highest BCUT2D eigenvalue weighted by Gasteiger charge is 2.32. The molecule has 1 aliphatic heterocycles. The summed E-state index contributed by atoms with van der Waals surface area (Å²) >= 11 is 3.42. The molecule has 18 heavy (non-hydrogen) atoms. The summed E-state index contributed by atoms with van der Waals surface area (Å²) in [5, 5.41) is 0. The maximum Gasteiger partial charge on any atom is 0.310 e. The zero-order chi connectivity index (χ0) is 13.7. The van der Waals surface area contributed by atoms with Crippen LogP contribution in [0.25, 0.3) is 0 Å². The number of piperidine rings is 1. The standard InChI is InChI=1S/C13H22BrNO3/c1-4-18-13(17)10-6-5-7-15(8-10)12(16)11(14)9(2)3/h9-11H,4-8H2,1-3H3. The van der Waals surface area contributed by atoms with E-state index in [1.807, 2.05) is 13.8 Å². The average molecular weight is 320 g/mol. The lowest BCUT2D eigenvalue weighted by atomic mass is 9.97. The molecule has 1 fully saturated rings. The molecule has 1 amide bonds. The molecule has 0 bridgehead atoms. The van der Waals surface area contributed by atoms with Crippen LogP contribution in [0.3, 0.4) is 0 Å². The van der Waals surface area contributed by atoms with Crippen LogP contribution in [0.4, 0.5) is 0 Å². The van der Waals surface area contributed by atoms with Gasteiger partial charge in [0, 0.05) is 13.1 Å². The highest BCUT2D eigenvalue weighted by atomic mass is 79.9. The van der Waals surface area contributed by atoms with Crippen molar-refractivity contribution < 1.29 is 14.3 Å². The molecule has 5 heteroatoms. The van der Waals surface area contributed by atoms with E-state index in [9.17, 15) is 9.59 Å². The summed E-state index contributed by atoms with van der Waals surface area (Å²) < 4.78 is 5.03. The van der Waals surface area contributed by atoms with Crippen LogP contribution in [0.15, 0.2) is 0 Å². The molecular formula is C13H22BrNO3. The zero-order valence-corrected chi connectivity index (χ0v) is 12.9. The number of alkyl halides is 1. The number of rotatable bonds is 4. The number of ether oxygens (including phenoxy) is 1. The Balaban J connectivity index is 2.58. The first kappa shape index (κ1) is 15.5. The van der Waals surface area contributed by atoms with Crippen LogP contribution in [0, 0.1) is 11.8 Å². The lowest BCUT2D eigenvalue weighted by Gasteiger charge is -2.33. The number of carbonyl (C=O) groups excluding carboxylic acids is 2. The van der Waals surface area contributed by atoms with Crippen molar-refractivity contribution in [3.8, 4) is 0 Å². The van der Waals surface area contributed by atoms with Crippen LogP contribution in [-0.4, -0.2) is 41.3 Å². The first-order valence-electron chi connectivity index (χ1n) is 6.56. The molecule has 1 heterocycles. The second-order valence-electron chi connectivity index (χ2n) is 5.02. The van der Waals surface area contributed by atoms with Gasteiger partial charge in [-0.2, -0.15) is 0 Å². The van der Waals surface area contributed by atoms with E-state index in [2.05, 4.69) is 15.9 Å². The van der Waals surface area contributed by atoms with Crippen LogP contribution in [-0.2, 0) is 14.3 Å². The van der Waals surface area contributed by atoms with E-state index in [-0.39, 0.29) is 28.5 Å². The van der Waals surface area contributed by atoms with E-state index in [1.165, 1.54) is 0 Å².